The van der Waals surface area contributed by atoms with E-state index in [1.807, 2.05) is 20.9 Å². The summed E-state index contributed by atoms with van der Waals surface area (Å²) in [4.78, 5) is 0. The summed E-state index contributed by atoms with van der Waals surface area (Å²) in [6.07, 6.45) is 0. The van der Waals surface area contributed by atoms with Crippen molar-refractivity contribution in [1.82, 2.24) is 10.6 Å². The topological polar surface area (TPSA) is 24.1 Å². The molecule has 0 aliphatic rings. The molecule has 0 unspecified atom stereocenters. The van der Waals surface area contributed by atoms with Crippen LogP contribution >= 0.6 is 0 Å². The molecule has 0 amide bonds. The summed E-state index contributed by atoms with van der Waals surface area (Å²) in [5.74, 6) is -1.02. The largest absolute Gasteiger partial charge is 0.318 e. The molecule has 0 spiro atoms. The van der Waals surface area contributed by atoms with Crippen LogP contribution in [0.25, 0.3) is 0 Å². The van der Waals surface area contributed by atoms with Gasteiger partial charge in [0.05, 0.1) is 0 Å². The highest BCUT2D eigenvalue weighted by Gasteiger charge is 2.23. The van der Waals surface area contributed by atoms with Crippen molar-refractivity contribution in [2.45, 2.75) is 19.3 Å². The molecule has 0 atom stereocenters. The van der Waals surface area contributed by atoms with Gasteiger partial charge in [-0.1, -0.05) is 19.9 Å². The predicted octanol–water partition coefficient (Wildman–Crippen LogP) is 2.05. The van der Waals surface area contributed by atoms with Gasteiger partial charge in [-0.2, -0.15) is 0 Å². The second kappa shape index (κ2) is 6.07. The number of rotatable bonds is 6. The molecule has 1 aromatic rings. The monoisotopic (exact) mass is 242 g/mol. The Hall–Kier alpha value is -1.00. The Kier molecular flexibility index (Phi) is 5.02. The molecule has 1 rings (SSSR count). The lowest BCUT2D eigenvalue weighted by atomic mass is 9.84. The van der Waals surface area contributed by atoms with Crippen LogP contribution in [0.15, 0.2) is 18.2 Å². The summed E-state index contributed by atoms with van der Waals surface area (Å²) in [7, 11) is 1.88. The van der Waals surface area contributed by atoms with Gasteiger partial charge >= 0.3 is 0 Å². The second-order valence-corrected chi connectivity index (χ2v) is 4.79. The molecule has 4 heteroatoms. The molecule has 2 nitrogen and oxygen atoms in total. The van der Waals surface area contributed by atoms with Gasteiger partial charge in [-0.05, 0) is 18.7 Å². The van der Waals surface area contributed by atoms with Crippen molar-refractivity contribution in [3.63, 3.8) is 0 Å². The highest BCUT2D eigenvalue weighted by atomic mass is 19.1. The van der Waals surface area contributed by atoms with Crippen molar-refractivity contribution in [3.8, 4) is 0 Å². The summed E-state index contributed by atoms with van der Waals surface area (Å²) < 4.78 is 26.5. The average molecular weight is 242 g/mol. The van der Waals surface area contributed by atoms with Gasteiger partial charge in [0.25, 0.3) is 0 Å². The van der Waals surface area contributed by atoms with E-state index >= 15 is 0 Å². The van der Waals surface area contributed by atoms with Crippen LogP contribution in [0, 0.1) is 11.6 Å². The van der Waals surface area contributed by atoms with Gasteiger partial charge in [-0.25, -0.2) is 8.78 Å². The molecule has 0 heterocycles. The lowest BCUT2D eigenvalue weighted by Crippen LogP contribution is -2.36. The molecule has 96 valence electrons. The average Bonchev–Trinajstić information content (AvgIpc) is 2.24. The third-order valence-corrected chi connectivity index (χ3v) is 2.78. The van der Waals surface area contributed by atoms with Crippen molar-refractivity contribution < 1.29 is 8.78 Å². The highest BCUT2D eigenvalue weighted by Crippen LogP contribution is 2.25. The van der Waals surface area contributed by atoms with Gasteiger partial charge in [-0.15, -0.1) is 0 Å². The maximum atomic E-state index is 13.6. The Balaban J connectivity index is 2.68. The number of halogens is 2. The summed E-state index contributed by atoms with van der Waals surface area (Å²) in [6, 6.07) is 3.75. The molecule has 0 aliphatic heterocycles. The Morgan fingerprint density at radius 2 is 1.88 bits per heavy atom. The SMILES string of the molecule is CNCCNCC(C)(C)c1ccc(F)cc1F. The predicted molar refractivity (Wildman–Crippen MR) is 66.2 cm³/mol. The maximum absolute atomic E-state index is 13.6. The van der Waals surface area contributed by atoms with E-state index < -0.39 is 11.6 Å². The molecular weight excluding hydrogens is 222 g/mol. The Labute approximate surface area is 101 Å². The Morgan fingerprint density at radius 1 is 1.18 bits per heavy atom. The first-order valence-electron chi connectivity index (χ1n) is 5.78. The van der Waals surface area contributed by atoms with Crippen molar-refractivity contribution in [2.75, 3.05) is 26.7 Å². The Morgan fingerprint density at radius 3 is 2.47 bits per heavy atom. The zero-order chi connectivity index (χ0) is 12.9. The van der Waals surface area contributed by atoms with Crippen LogP contribution in [0.5, 0.6) is 0 Å². The van der Waals surface area contributed by atoms with Crippen molar-refractivity contribution in [1.29, 1.82) is 0 Å². The van der Waals surface area contributed by atoms with E-state index in [1.54, 1.807) is 0 Å². The van der Waals surface area contributed by atoms with Crippen LogP contribution in [0.3, 0.4) is 0 Å². The molecule has 0 saturated carbocycles. The van der Waals surface area contributed by atoms with E-state index in [1.165, 1.54) is 12.1 Å². The van der Waals surface area contributed by atoms with Crippen LogP contribution < -0.4 is 10.6 Å². The summed E-state index contributed by atoms with van der Waals surface area (Å²) in [5.41, 5.74) is 0.182. The molecule has 0 bridgehead atoms. The zero-order valence-electron chi connectivity index (χ0n) is 10.6. The van der Waals surface area contributed by atoms with E-state index in [-0.39, 0.29) is 5.41 Å². The Bertz CT molecular complexity index is 364. The van der Waals surface area contributed by atoms with Gasteiger partial charge in [-0.3, -0.25) is 0 Å². The van der Waals surface area contributed by atoms with Crippen molar-refractivity contribution in [2.24, 2.45) is 0 Å². The highest BCUT2D eigenvalue weighted by molar-refractivity contribution is 5.26. The third kappa shape index (κ3) is 4.06. The second-order valence-electron chi connectivity index (χ2n) is 4.79. The molecule has 1 aromatic carbocycles. The fourth-order valence-electron chi connectivity index (χ4n) is 1.75. The van der Waals surface area contributed by atoms with Crippen molar-refractivity contribution in [3.05, 3.63) is 35.4 Å². The zero-order valence-corrected chi connectivity index (χ0v) is 10.6. The number of likely N-dealkylation sites (N-methyl/N-ethyl adjacent to an activating group) is 1. The number of hydrogen-bond acceptors (Lipinski definition) is 2. The molecule has 0 fully saturated rings. The minimum Gasteiger partial charge on any atom is -0.318 e. The quantitative estimate of drug-likeness (QED) is 0.746. The van der Waals surface area contributed by atoms with Gasteiger partial charge in [0.1, 0.15) is 11.6 Å². The fraction of sp³-hybridized carbons (Fsp3) is 0.538. The number of hydrogen-bond donors (Lipinski definition) is 2. The molecule has 17 heavy (non-hydrogen) atoms. The van der Waals surface area contributed by atoms with E-state index in [0.717, 1.165) is 19.2 Å². The van der Waals surface area contributed by atoms with Crippen LogP contribution in [0.2, 0.25) is 0 Å². The summed E-state index contributed by atoms with van der Waals surface area (Å²) >= 11 is 0. The van der Waals surface area contributed by atoms with E-state index in [4.69, 9.17) is 0 Å². The molecule has 2 N–H and O–H groups in total. The van der Waals surface area contributed by atoms with Gasteiger partial charge in [0.2, 0.25) is 0 Å². The molecule has 0 aromatic heterocycles. The minimum atomic E-state index is -0.537. The first-order chi connectivity index (χ1) is 7.97. The van der Waals surface area contributed by atoms with Gasteiger partial charge in [0, 0.05) is 31.1 Å². The lowest BCUT2D eigenvalue weighted by molar-refractivity contribution is 0.441. The summed E-state index contributed by atoms with van der Waals surface area (Å²) in [5, 5.41) is 6.27. The van der Waals surface area contributed by atoms with Gasteiger partial charge in [0.15, 0.2) is 0 Å². The molecule has 0 aliphatic carbocycles. The standard InChI is InChI=1S/C13H20F2N2/c1-13(2,9-17-7-6-16-3)11-5-4-10(14)8-12(11)15/h4-5,8,16-17H,6-7,9H2,1-3H3. The van der Waals surface area contributed by atoms with Crippen LogP contribution in [0.4, 0.5) is 8.78 Å². The van der Waals surface area contributed by atoms with Crippen LogP contribution in [0.1, 0.15) is 19.4 Å². The number of benzene rings is 1. The first kappa shape index (κ1) is 14.1. The molecule has 0 radical (unpaired) electrons. The molecular formula is C13H20F2N2. The van der Waals surface area contributed by atoms with E-state index in [0.29, 0.717) is 12.1 Å². The smallest absolute Gasteiger partial charge is 0.129 e. The van der Waals surface area contributed by atoms with Crippen LogP contribution in [-0.2, 0) is 5.41 Å². The lowest BCUT2D eigenvalue weighted by Gasteiger charge is -2.26. The third-order valence-electron chi connectivity index (χ3n) is 2.78. The number of nitrogens with one attached hydrogen (secondary N) is 2. The first-order valence-corrected chi connectivity index (χ1v) is 5.78. The minimum absolute atomic E-state index is 0.356. The summed E-state index contributed by atoms with van der Waals surface area (Å²) in [6.45, 7) is 6.22. The van der Waals surface area contributed by atoms with E-state index in [9.17, 15) is 8.78 Å². The van der Waals surface area contributed by atoms with Crippen LogP contribution in [-0.4, -0.2) is 26.7 Å². The normalized spacial score (nSPS) is 11.8. The molecule has 0 saturated heterocycles. The van der Waals surface area contributed by atoms with Crippen molar-refractivity contribution >= 4 is 0 Å². The fourth-order valence-corrected chi connectivity index (χ4v) is 1.75. The van der Waals surface area contributed by atoms with E-state index in [2.05, 4.69) is 10.6 Å². The maximum Gasteiger partial charge on any atom is 0.129 e. The van der Waals surface area contributed by atoms with Gasteiger partial charge < -0.3 is 10.6 Å².